The predicted octanol–water partition coefficient (Wildman–Crippen LogP) is 4.76. The fourth-order valence-electron chi connectivity index (χ4n) is 3.30. The molecule has 0 spiro atoms. The molecule has 8 heteroatoms. The molecule has 1 fully saturated rings. The van der Waals surface area contributed by atoms with Crippen LogP contribution in [0, 0.1) is 11.3 Å². The Hall–Kier alpha value is -2.76. The average molecular weight is 458 g/mol. The molecule has 0 radical (unpaired) electrons. The van der Waals surface area contributed by atoms with Crippen LogP contribution >= 0.6 is 15.9 Å². The number of hydrogen-bond donors (Lipinski definition) is 0. The van der Waals surface area contributed by atoms with E-state index in [1.165, 1.54) is 0 Å². The number of benzene rings is 1. The number of morpholine rings is 1. The molecule has 1 aliphatic rings. The van der Waals surface area contributed by atoms with Gasteiger partial charge in [-0.3, -0.25) is 0 Å². The average Bonchev–Trinajstić information content (AvgIpc) is 3.33. The second-order valence-electron chi connectivity index (χ2n) is 6.96. The van der Waals surface area contributed by atoms with Crippen LogP contribution in [0.2, 0.25) is 0 Å². The van der Waals surface area contributed by atoms with Crippen LogP contribution < -0.4 is 9.64 Å². The third-order valence-corrected chi connectivity index (χ3v) is 5.02. The summed E-state index contributed by atoms with van der Waals surface area (Å²) in [6, 6.07) is 13.3. The molecule has 0 aliphatic carbocycles. The minimum atomic E-state index is 0.0461. The highest BCUT2D eigenvalue weighted by Crippen LogP contribution is 2.31. The number of nitrogens with zero attached hydrogens (tertiary/aromatic N) is 3. The van der Waals surface area contributed by atoms with Crippen molar-refractivity contribution in [1.82, 2.24) is 4.98 Å². The molecular weight excluding hydrogens is 438 g/mol. The van der Waals surface area contributed by atoms with Crippen molar-refractivity contribution in [1.29, 1.82) is 5.26 Å². The minimum Gasteiger partial charge on any atom is -0.486 e. The Labute approximate surface area is 177 Å². The van der Waals surface area contributed by atoms with Crippen LogP contribution in [-0.4, -0.2) is 30.3 Å². The van der Waals surface area contributed by atoms with E-state index in [1.54, 1.807) is 6.07 Å². The summed E-state index contributed by atoms with van der Waals surface area (Å²) in [7, 11) is 0. The topological polar surface area (TPSA) is 84.7 Å². The summed E-state index contributed by atoms with van der Waals surface area (Å²) >= 11 is 3.39. The third kappa shape index (κ3) is 4.47. The summed E-state index contributed by atoms with van der Waals surface area (Å²) in [5.74, 6) is 2.56. The van der Waals surface area contributed by atoms with Crippen molar-refractivity contribution in [3.63, 3.8) is 0 Å². The lowest BCUT2D eigenvalue weighted by atomic mass is 10.2. The molecule has 7 nitrogen and oxygen atoms in total. The van der Waals surface area contributed by atoms with E-state index in [0.29, 0.717) is 30.5 Å². The zero-order valence-electron chi connectivity index (χ0n) is 16.1. The lowest BCUT2D eigenvalue weighted by Crippen LogP contribution is -2.45. The summed E-state index contributed by atoms with van der Waals surface area (Å²) in [6.45, 7) is 5.54. The van der Waals surface area contributed by atoms with E-state index in [9.17, 15) is 5.26 Å². The number of hydrogen-bond acceptors (Lipinski definition) is 7. The van der Waals surface area contributed by atoms with E-state index in [2.05, 4.69) is 27.0 Å². The van der Waals surface area contributed by atoms with Gasteiger partial charge < -0.3 is 23.2 Å². The molecule has 3 aromatic rings. The Kier molecular flexibility index (Phi) is 5.60. The molecule has 2 aromatic heterocycles. The SMILES string of the molecule is C[C@@H]1CN(c2oc(-c3ccc(COc4ccc(Br)cc4)o3)nc2C#N)C[C@@H](C)O1. The van der Waals surface area contributed by atoms with Crippen LogP contribution in [0.15, 0.2) is 49.7 Å². The van der Waals surface area contributed by atoms with Crippen LogP contribution in [0.25, 0.3) is 11.7 Å². The van der Waals surface area contributed by atoms with Crippen molar-refractivity contribution in [2.75, 3.05) is 18.0 Å². The number of anilines is 1. The Bertz CT molecular complexity index is 1010. The van der Waals surface area contributed by atoms with Crippen molar-refractivity contribution in [3.05, 3.63) is 52.3 Å². The molecule has 0 bridgehead atoms. The van der Waals surface area contributed by atoms with Gasteiger partial charge >= 0.3 is 0 Å². The number of oxazole rings is 1. The molecule has 1 aromatic carbocycles. The highest BCUT2D eigenvalue weighted by atomic mass is 79.9. The van der Waals surface area contributed by atoms with E-state index in [0.717, 1.165) is 10.2 Å². The van der Waals surface area contributed by atoms with E-state index in [-0.39, 0.29) is 30.4 Å². The fourth-order valence-corrected chi connectivity index (χ4v) is 3.57. The van der Waals surface area contributed by atoms with Crippen LogP contribution in [0.4, 0.5) is 5.88 Å². The summed E-state index contributed by atoms with van der Waals surface area (Å²) in [5, 5.41) is 9.49. The smallest absolute Gasteiger partial charge is 0.266 e. The molecule has 3 heterocycles. The molecule has 0 N–H and O–H groups in total. The van der Waals surface area contributed by atoms with Crippen LogP contribution in [0.5, 0.6) is 5.75 Å². The van der Waals surface area contributed by atoms with Crippen LogP contribution in [-0.2, 0) is 11.3 Å². The second-order valence-corrected chi connectivity index (χ2v) is 7.87. The minimum absolute atomic E-state index is 0.0461. The van der Waals surface area contributed by atoms with Crippen molar-refractivity contribution in [2.24, 2.45) is 0 Å². The zero-order chi connectivity index (χ0) is 20.4. The first-order valence-corrected chi connectivity index (χ1v) is 10.1. The van der Waals surface area contributed by atoms with Gasteiger partial charge in [-0.15, -0.1) is 0 Å². The number of halogens is 1. The number of furan rings is 1. The predicted molar refractivity (Wildman–Crippen MR) is 110 cm³/mol. The van der Waals surface area contributed by atoms with Gasteiger partial charge in [-0.2, -0.15) is 10.2 Å². The fraction of sp³-hybridized carbons (Fsp3) is 0.333. The van der Waals surface area contributed by atoms with Gasteiger partial charge in [0, 0.05) is 17.6 Å². The normalized spacial score (nSPS) is 19.2. The molecule has 1 saturated heterocycles. The molecule has 1 aliphatic heterocycles. The standard InChI is InChI=1S/C21H20BrN3O4/c1-13-10-25(11-14(2)27-13)21-18(9-23)24-20(29-21)19-8-7-17(28-19)12-26-16-5-3-15(22)4-6-16/h3-8,13-14H,10-12H2,1-2H3/t13-,14-/m1/s1. The molecule has 2 atom stereocenters. The van der Waals surface area contributed by atoms with E-state index in [4.69, 9.17) is 18.3 Å². The van der Waals surface area contributed by atoms with Gasteiger partial charge in [-0.05, 0) is 50.2 Å². The number of ether oxygens (including phenoxy) is 2. The molecule has 0 saturated carbocycles. The van der Waals surface area contributed by atoms with E-state index in [1.807, 2.05) is 49.1 Å². The Morgan fingerprint density at radius 3 is 2.55 bits per heavy atom. The number of aromatic nitrogens is 1. The Morgan fingerprint density at radius 1 is 1.14 bits per heavy atom. The maximum atomic E-state index is 9.49. The summed E-state index contributed by atoms with van der Waals surface area (Å²) in [6.07, 6.45) is 0.0923. The highest BCUT2D eigenvalue weighted by Gasteiger charge is 2.28. The first-order valence-electron chi connectivity index (χ1n) is 9.30. The van der Waals surface area contributed by atoms with Gasteiger partial charge in [0.25, 0.3) is 5.89 Å². The van der Waals surface area contributed by atoms with Crippen molar-refractivity contribution >= 4 is 21.8 Å². The summed E-state index contributed by atoms with van der Waals surface area (Å²) in [4.78, 5) is 6.31. The van der Waals surface area contributed by atoms with Gasteiger partial charge in [-0.25, -0.2) is 0 Å². The maximum Gasteiger partial charge on any atom is 0.266 e. The third-order valence-electron chi connectivity index (χ3n) is 4.49. The molecule has 4 rings (SSSR count). The Balaban J connectivity index is 1.50. The molecule has 0 amide bonds. The maximum absolute atomic E-state index is 9.49. The first kappa shape index (κ1) is 19.6. The van der Waals surface area contributed by atoms with E-state index < -0.39 is 0 Å². The van der Waals surface area contributed by atoms with Gasteiger partial charge in [0.2, 0.25) is 11.6 Å². The first-order chi connectivity index (χ1) is 14.0. The summed E-state index contributed by atoms with van der Waals surface area (Å²) in [5.41, 5.74) is 0.241. The lowest BCUT2D eigenvalue weighted by Gasteiger charge is -2.34. The summed E-state index contributed by atoms with van der Waals surface area (Å²) < 4.78 is 24.2. The van der Waals surface area contributed by atoms with Gasteiger partial charge in [-0.1, -0.05) is 15.9 Å². The van der Waals surface area contributed by atoms with Crippen molar-refractivity contribution in [3.8, 4) is 23.5 Å². The monoisotopic (exact) mass is 457 g/mol. The lowest BCUT2D eigenvalue weighted by molar-refractivity contribution is -0.00639. The van der Waals surface area contributed by atoms with Crippen LogP contribution in [0.3, 0.4) is 0 Å². The van der Waals surface area contributed by atoms with Gasteiger partial charge in [0.05, 0.1) is 12.2 Å². The quantitative estimate of drug-likeness (QED) is 0.545. The largest absolute Gasteiger partial charge is 0.486 e. The van der Waals surface area contributed by atoms with E-state index >= 15 is 0 Å². The zero-order valence-corrected chi connectivity index (χ0v) is 17.7. The number of nitriles is 1. The van der Waals surface area contributed by atoms with Gasteiger partial charge in [0.15, 0.2) is 5.76 Å². The number of rotatable bonds is 5. The molecular formula is C21H20BrN3O4. The van der Waals surface area contributed by atoms with Gasteiger partial charge in [0.1, 0.15) is 24.2 Å². The molecule has 29 heavy (non-hydrogen) atoms. The second kappa shape index (κ2) is 8.31. The van der Waals surface area contributed by atoms with Crippen LogP contribution in [0.1, 0.15) is 25.3 Å². The molecule has 0 unspecified atom stereocenters. The molecule has 150 valence electrons. The van der Waals surface area contributed by atoms with Crippen molar-refractivity contribution < 1.29 is 18.3 Å². The highest BCUT2D eigenvalue weighted by molar-refractivity contribution is 9.10. The Morgan fingerprint density at radius 2 is 1.86 bits per heavy atom. The van der Waals surface area contributed by atoms with Crippen molar-refractivity contribution in [2.45, 2.75) is 32.7 Å².